The molecular formula is C45H30N2O. The molecule has 9 rings (SSSR count). The van der Waals surface area contributed by atoms with E-state index in [9.17, 15) is 0 Å². The molecular weight excluding hydrogens is 585 g/mol. The Morgan fingerprint density at radius 2 is 0.833 bits per heavy atom. The topological polar surface area (TPSA) is 31.0 Å². The van der Waals surface area contributed by atoms with Crippen molar-refractivity contribution in [2.45, 2.75) is 0 Å². The average Bonchev–Trinajstić information content (AvgIpc) is 3.80. The summed E-state index contributed by atoms with van der Waals surface area (Å²) in [4.78, 5) is 4.56. The lowest BCUT2D eigenvalue weighted by Gasteiger charge is -2.15. The van der Waals surface area contributed by atoms with Crippen LogP contribution >= 0.6 is 0 Å². The molecule has 3 nitrogen and oxygen atoms in total. The van der Waals surface area contributed by atoms with E-state index < -0.39 is 0 Å². The van der Waals surface area contributed by atoms with Crippen molar-refractivity contribution in [3.63, 3.8) is 0 Å². The third-order valence-electron chi connectivity index (χ3n) is 9.17. The summed E-state index contributed by atoms with van der Waals surface area (Å²) in [5, 5.41) is 2.54. The minimum Gasteiger partial charge on any atom is -0.436 e. The molecule has 7 aromatic carbocycles. The Morgan fingerprint density at radius 3 is 1.42 bits per heavy atom. The van der Waals surface area contributed by atoms with Crippen LogP contribution in [0.4, 0.5) is 0 Å². The standard InChI is InChI=1S/C45H30N2O/c1-2-12-33(13-3-1)44-30-46-45(48-44)34-24-22-31(23-25-34)36-14-4-6-16-38(36)39-17-7-5-15-37(39)32-26-28-35(29-27-32)47-42-20-10-8-18-40(42)41-19-9-11-21-43(41)47/h1-30H. The van der Waals surface area contributed by atoms with Gasteiger partial charge in [-0.3, -0.25) is 0 Å². The van der Waals surface area contributed by atoms with Gasteiger partial charge in [0.2, 0.25) is 5.89 Å². The van der Waals surface area contributed by atoms with E-state index in [0.717, 1.165) is 28.1 Å². The van der Waals surface area contributed by atoms with E-state index in [1.807, 2.05) is 30.3 Å². The van der Waals surface area contributed by atoms with Gasteiger partial charge in [-0.2, -0.15) is 0 Å². The molecule has 9 aromatic rings. The smallest absolute Gasteiger partial charge is 0.226 e. The van der Waals surface area contributed by atoms with Gasteiger partial charge < -0.3 is 8.98 Å². The zero-order valence-electron chi connectivity index (χ0n) is 26.1. The van der Waals surface area contributed by atoms with Crippen LogP contribution in [0, 0.1) is 0 Å². The van der Waals surface area contributed by atoms with Gasteiger partial charge >= 0.3 is 0 Å². The highest BCUT2D eigenvalue weighted by Gasteiger charge is 2.15. The molecule has 0 unspecified atom stereocenters. The highest BCUT2D eigenvalue weighted by molar-refractivity contribution is 6.09. The molecule has 0 saturated carbocycles. The van der Waals surface area contributed by atoms with E-state index >= 15 is 0 Å². The SMILES string of the molecule is c1ccc(-c2cnc(-c3ccc(-c4ccccc4-c4ccccc4-c4ccc(-n5c6ccccc6c6ccccc65)cc4)cc3)o2)cc1. The number of rotatable bonds is 6. The second-order valence-electron chi connectivity index (χ2n) is 12.0. The highest BCUT2D eigenvalue weighted by atomic mass is 16.4. The van der Waals surface area contributed by atoms with Crippen molar-refractivity contribution >= 4 is 21.8 Å². The van der Waals surface area contributed by atoms with Crippen LogP contribution in [-0.2, 0) is 0 Å². The molecule has 0 bridgehead atoms. The van der Waals surface area contributed by atoms with Crippen LogP contribution in [0.25, 0.3) is 83.7 Å². The first-order chi connectivity index (χ1) is 23.8. The van der Waals surface area contributed by atoms with Crippen LogP contribution < -0.4 is 0 Å². The van der Waals surface area contributed by atoms with Gasteiger partial charge in [0, 0.05) is 27.6 Å². The van der Waals surface area contributed by atoms with Crippen molar-refractivity contribution in [2.24, 2.45) is 0 Å². The zero-order valence-corrected chi connectivity index (χ0v) is 26.1. The van der Waals surface area contributed by atoms with Crippen molar-refractivity contribution < 1.29 is 4.42 Å². The summed E-state index contributed by atoms with van der Waals surface area (Å²) in [6.45, 7) is 0. The average molecular weight is 615 g/mol. The summed E-state index contributed by atoms with van der Waals surface area (Å²) < 4.78 is 8.48. The van der Waals surface area contributed by atoms with Gasteiger partial charge in [-0.1, -0.05) is 140 Å². The summed E-state index contributed by atoms with van der Waals surface area (Å²) in [5.74, 6) is 1.38. The number of oxazole rings is 1. The van der Waals surface area contributed by atoms with Gasteiger partial charge in [-0.15, -0.1) is 0 Å². The minimum absolute atomic E-state index is 0.614. The van der Waals surface area contributed by atoms with E-state index in [0.29, 0.717) is 5.89 Å². The minimum atomic E-state index is 0.614. The van der Waals surface area contributed by atoms with Gasteiger partial charge in [-0.25, -0.2) is 4.98 Å². The second kappa shape index (κ2) is 11.7. The number of benzene rings is 7. The maximum Gasteiger partial charge on any atom is 0.226 e. The van der Waals surface area contributed by atoms with Crippen LogP contribution in [0.2, 0.25) is 0 Å². The molecule has 0 aliphatic heterocycles. The van der Waals surface area contributed by atoms with Gasteiger partial charge in [-0.05, 0) is 69.8 Å². The van der Waals surface area contributed by atoms with Crippen molar-refractivity contribution in [1.29, 1.82) is 0 Å². The van der Waals surface area contributed by atoms with Crippen molar-refractivity contribution in [2.75, 3.05) is 0 Å². The molecule has 2 aromatic heterocycles. The number of aromatic nitrogens is 2. The Balaban J connectivity index is 1.06. The molecule has 0 fully saturated rings. The first kappa shape index (κ1) is 27.8. The van der Waals surface area contributed by atoms with E-state index in [4.69, 9.17) is 4.42 Å². The Kier molecular flexibility index (Phi) is 6.80. The van der Waals surface area contributed by atoms with Gasteiger partial charge in [0.25, 0.3) is 0 Å². The summed E-state index contributed by atoms with van der Waals surface area (Å²) in [6, 6.07) is 62.1. The van der Waals surface area contributed by atoms with Gasteiger partial charge in [0.15, 0.2) is 5.76 Å². The third kappa shape index (κ3) is 4.81. The van der Waals surface area contributed by atoms with Crippen LogP contribution in [0.1, 0.15) is 0 Å². The lowest BCUT2D eigenvalue weighted by atomic mass is 9.89. The lowest BCUT2D eigenvalue weighted by Crippen LogP contribution is -1.94. The van der Waals surface area contributed by atoms with Gasteiger partial charge in [0.05, 0.1) is 17.2 Å². The molecule has 0 saturated heterocycles. The summed E-state index contributed by atoms with van der Waals surface area (Å²) >= 11 is 0. The fraction of sp³-hybridized carbons (Fsp3) is 0. The largest absolute Gasteiger partial charge is 0.436 e. The monoisotopic (exact) mass is 614 g/mol. The quantitative estimate of drug-likeness (QED) is 0.187. The second-order valence-corrected chi connectivity index (χ2v) is 12.0. The first-order valence-electron chi connectivity index (χ1n) is 16.2. The van der Waals surface area contributed by atoms with Crippen LogP contribution in [0.3, 0.4) is 0 Å². The maximum atomic E-state index is 6.12. The Bertz CT molecular complexity index is 2490. The van der Waals surface area contributed by atoms with Crippen molar-refractivity contribution in [3.05, 3.63) is 182 Å². The molecule has 0 spiro atoms. The Hall–Kier alpha value is -6.45. The maximum absolute atomic E-state index is 6.12. The first-order valence-corrected chi connectivity index (χ1v) is 16.2. The van der Waals surface area contributed by atoms with E-state index in [-0.39, 0.29) is 0 Å². The molecule has 0 aliphatic carbocycles. The molecule has 0 aliphatic rings. The summed E-state index contributed by atoms with van der Waals surface area (Å²) in [7, 11) is 0. The van der Waals surface area contributed by atoms with Gasteiger partial charge in [0.1, 0.15) is 0 Å². The fourth-order valence-electron chi connectivity index (χ4n) is 6.87. The number of fused-ring (bicyclic) bond motifs is 3. The van der Waals surface area contributed by atoms with Crippen LogP contribution in [0.5, 0.6) is 0 Å². The van der Waals surface area contributed by atoms with Crippen LogP contribution in [-0.4, -0.2) is 9.55 Å². The van der Waals surface area contributed by atoms with Crippen molar-refractivity contribution in [1.82, 2.24) is 9.55 Å². The number of hydrogen-bond donors (Lipinski definition) is 0. The highest BCUT2D eigenvalue weighted by Crippen LogP contribution is 2.39. The molecule has 0 atom stereocenters. The third-order valence-corrected chi connectivity index (χ3v) is 9.17. The number of hydrogen-bond acceptors (Lipinski definition) is 2. The van der Waals surface area contributed by atoms with E-state index in [1.54, 1.807) is 6.20 Å². The lowest BCUT2D eigenvalue weighted by molar-refractivity contribution is 0.589. The molecule has 0 amide bonds. The van der Waals surface area contributed by atoms with Crippen LogP contribution in [0.15, 0.2) is 187 Å². The fourth-order valence-corrected chi connectivity index (χ4v) is 6.87. The van der Waals surface area contributed by atoms with Crippen molar-refractivity contribution in [3.8, 4) is 61.8 Å². The zero-order chi connectivity index (χ0) is 31.9. The predicted molar refractivity (Wildman–Crippen MR) is 198 cm³/mol. The molecule has 3 heteroatoms. The Morgan fingerprint density at radius 1 is 0.375 bits per heavy atom. The molecule has 0 N–H and O–H groups in total. The number of nitrogens with zero attached hydrogens (tertiary/aromatic N) is 2. The van der Waals surface area contributed by atoms with E-state index in [2.05, 4.69) is 155 Å². The summed E-state index contributed by atoms with van der Waals surface area (Å²) in [6.07, 6.45) is 1.79. The summed E-state index contributed by atoms with van der Waals surface area (Å²) in [5.41, 5.74) is 12.6. The predicted octanol–water partition coefficient (Wildman–Crippen LogP) is 12.1. The molecule has 2 heterocycles. The normalized spacial score (nSPS) is 11.3. The molecule has 226 valence electrons. The Labute approximate surface area is 279 Å². The number of para-hydroxylation sites is 2. The molecule has 48 heavy (non-hydrogen) atoms. The molecule has 0 radical (unpaired) electrons. The van der Waals surface area contributed by atoms with E-state index in [1.165, 1.54) is 49.6 Å².